The molecule has 0 bridgehead atoms. The maximum absolute atomic E-state index is 13.7. The van der Waals surface area contributed by atoms with E-state index in [4.69, 9.17) is 5.73 Å². The number of carbonyl (C=O) groups is 1. The molecule has 0 aliphatic rings. The molecule has 0 aliphatic carbocycles. The van der Waals surface area contributed by atoms with Gasteiger partial charge in [-0.25, -0.2) is 0 Å². The first kappa shape index (κ1) is 20.1. The number of aromatic nitrogens is 2. The number of benzene rings is 3. The Labute approximate surface area is 175 Å². The van der Waals surface area contributed by atoms with E-state index in [1.165, 1.54) is 0 Å². The molecule has 0 atom stereocenters. The predicted molar refractivity (Wildman–Crippen MR) is 119 cm³/mol. The summed E-state index contributed by atoms with van der Waals surface area (Å²) in [6.07, 6.45) is 1.74. The van der Waals surface area contributed by atoms with Crippen molar-refractivity contribution < 1.29 is 13.2 Å². The van der Waals surface area contributed by atoms with Crippen molar-refractivity contribution in [3.8, 4) is 0 Å². The molecule has 154 valence electrons. The quantitative estimate of drug-likeness (QED) is 0.483. The van der Waals surface area contributed by atoms with Crippen LogP contribution in [0.5, 0.6) is 0 Å². The van der Waals surface area contributed by atoms with Crippen LogP contribution in [-0.2, 0) is 14.8 Å². The summed E-state index contributed by atoms with van der Waals surface area (Å²) in [4.78, 5) is 11.5. The lowest BCUT2D eigenvalue weighted by molar-refractivity contribution is -0.118. The van der Waals surface area contributed by atoms with Gasteiger partial charge in [0.2, 0.25) is 5.91 Å². The van der Waals surface area contributed by atoms with Gasteiger partial charge in [-0.1, -0.05) is 48.5 Å². The summed E-state index contributed by atoms with van der Waals surface area (Å²) >= 11 is 0. The Morgan fingerprint density at radius 1 is 1.00 bits per heavy atom. The molecule has 4 rings (SSSR count). The van der Waals surface area contributed by atoms with Crippen LogP contribution in [-0.4, -0.2) is 44.2 Å². The Balaban J connectivity index is 1.95. The molecule has 0 saturated heterocycles. The number of fused-ring (bicyclic) bond motifs is 2. The van der Waals surface area contributed by atoms with Crippen LogP contribution in [0.15, 0.2) is 71.8 Å². The minimum atomic E-state index is -3.96. The van der Waals surface area contributed by atoms with Crippen molar-refractivity contribution >= 4 is 43.3 Å². The largest absolute Gasteiger partial charge is 0.369 e. The summed E-state index contributed by atoms with van der Waals surface area (Å²) in [5.74, 6) is -0.398. The number of nitrogens with two attached hydrogens (primary N) is 1. The van der Waals surface area contributed by atoms with Crippen molar-refractivity contribution in [3.05, 3.63) is 66.9 Å². The number of nitrogens with zero attached hydrogens (tertiary/aromatic N) is 3. The zero-order valence-corrected chi connectivity index (χ0v) is 17.6. The van der Waals surface area contributed by atoms with Crippen LogP contribution in [0.25, 0.3) is 21.7 Å². The van der Waals surface area contributed by atoms with Crippen LogP contribution in [0.4, 0.5) is 5.69 Å². The van der Waals surface area contributed by atoms with Crippen LogP contribution in [0.2, 0.25) is 0 Å². The SMILES string of the molecule is C[N+](C)(CCC(N)=O)c1cccc2cnn(S(=O)(=O)c3cccc4ccccc34)c12. The van der Waals surface area contributed by atoms with E-state index in [1.54, 1.807) is 24.4 Å². The predicted octanol–water partition coefficient (Wildman–Crippen LogP) is 2.87. The summed E-state index contributed by atoms with van der Waals surface area (Å²) in [6.45, 7) is 0.438. The highest BCUT2D eigenvalue weighted by Gasteiger charge is 2.30. The first-order valence-corrected chi connectivity index (χ1v) is 11.0. The minimum Gasteiger partial charge on any atom is -0.369 e. The Kier molecular flexibility index (Phi) is 4.83. The second kappa shape index (κ2) is 7.23. The molecule has 7 nitrogen and oxygen atoms in total. The topological polar surface area (TPSA) is 95.1 Å². The van der Waals surface area contributed by atoms with Gasteiger partial charge in [0.1, 0.15) is 5.52 Å². The van der Waals surface area contributed by atoms with E-state index in [0.29, 0.717) is 22.8 Å². The highest BCUT2D eigenvalue weighted by Crippen LogP contribution is 2.33. The van der Waals surface area contributed by atoms with Gasteiger partial charge in [0.25, 0.3) is 10.0 Å². The van der Waals surface area contributed by atoms with Gasteiger partial charge in [0.15, 0.2) is 5.69 Å². The second-order valence-electron chi connectivity index (χ2n) is 7.81. The van der Waals surface area contributed by atoms with Gasteiger partial charge in [-0.2, -0.15) is 13.5 Å². The van der Waals surface area contributed by atoms with Crippen LogP contribution < -0.4 is 10.2 Å². The fourth-order valence-corrected chi connectivity index (χ4v) is 5.24. The molecule has 1 aromatic heterocycles. The Hall–Kier alpha value is -3.23. The number of rotatable bonds is 6. The third-order valence-corrected chi connectivity index (χ3v) is 7.01. The lowest BCUT2D eigenvalue weighted by Gasteiger charge is -2.29. The second-order valence-corrected chi connectivity index (χ2v) is 9.55. The molecule has 0 aliphatic heterocycles. The third kappa shape index (κ3) is 3.34. The van der Waals surface area contributed by atoms with Crippen LogP contribution >= 0.6 is 0 Å². The lowest BCUT2D eigenvalue weighted by Crippen LogP contribution is -2.43. The maximum atomic E-state index is 13.7. The first-order valence-electron chi connectivity index (χ1n) is 9.54. The number of quaternary nitrogens is 1. The zero-order chi connectivity index (χ0) is 21.5. The van der Waals surface area contributed by atoms with Crippen molar-refractivity contribution in [2.24, 2.45) is 5.73 Å². The van der Waals surface area contributed by atoms with Crippen LogP contribution in [0.1, 0.15) is 6.42 Å². The van der Waals surface area contributed by atoms with E-state index in [-0.39, 0.29) is 15.8 Å². The van der Waals surface area contributed by atoms with E-state index < -0.39 is 15.9 Å². The average Bonchev–Trinajstić information content (AvgIpc) is 3.17. The molecule has 1 amide bonds. The summed E-state index contributed by atoms with van der Waals surface area (Å²) in [6, 6.07) is 18.1. The van der Waals surface area contributed by atoms with Gasteiger partial charge in [-0.05, 0) is 11.5 Å². The van der Waals surface area contributed by atoms with E-state index in [0.717, 1.165) is 15.2 Å². The van der Waals surface area contributed by atoms with Crippen molar-refractivity contribution in [2.75, 3.05) is 20.6 Å². The summed E-state index contributed by atoms with van der Waals surface area (Å²) in [5, 5.41) is 6.44. The van der Waals surface area contributed by atoms with Crippen molar-refractivity contribution in [1.29, 1.82) is 0 Å². The van der Waals surface area contributed by atoms with Crippen molar-refractivity contribution in [1.82, 2.24) is 13.7 Å². The number of para-hydroxylation sites is 1. The summed E-state index contributed by atoms with van der Waals surface area (Å²) < 4.78 is 28.8. The van der Waals surface area contributed by atoms with Gasteiger partial charge in [-0.15, -0.1) is 4.09 Å². The molecule has 0 saturated carbocycles. The molecule has 30 heavy (non-hydrogen) atoms. The fourth-order valence-electron chi connectivity index (χ4n) is 3.73. The molecule has 8 heteroatoms. The molecule has 0 fully saturated rings. The Morgan fingerprint density at radius 3 is 2.43 bits per heavy atom. The standard InChI is InChI=1S/C22H22N4O3S/c1-26(2,14-13-21(23)27)19-11-5-9-17-15-24-25(22(17)19)30(28,29)20-12-6-8-16-7-3-4-10-18(16)20/h3-12,15H,13-14H2,1-2H3,(H-,23,27)/p+1. The molecule has 1 heterocycles. The third-order valence-electron chi connectivity index (χ3n) is 5.36. The van der Waals surface area contributed by atoms with Gasteiger partial charge in [-0.3, -0.25) is 9.28 Å². The van der Waals surface area contributed by atoms with Crippen LogP contribution in [0, 0.1) is 0 Å². The minimum absolute atomic E-state index is 0.188. The smallest absolute Gasteiger partial charge is 0.284 e. The number of carbonyl (C=O) groups excluding carboxylic acids is 1. The van der Waals surface area contributed by atoms with Gasteiger partial charge < -0.3 is 5.73 Å². The van der Waals surface area contributed by atoms with E-state index in [9.17, 15) is 13.2 Å². The zero-order valence-electron chi connectivity index (χ0n) is 16.8. The monoisotopic (exact) mass is 423 g/mol. The summed E-state index contributed by atoms with van der Waals surface area (Å²) in [5.41, 5.74) is 6.58. The molecule has 2 N–H and O–H groups in total. The molecule has 0 spiro atoms. The highest BCUT2D eigenvalue weighted by molar-refractivity contribution is 7.90. The molecular weight excluding hydrogens is 400 g/mol. The molecule has 0 unspecified atom stereocenters. The van der Waals surface area contributed by atoms with Gasteiger partial charge in [0.05, 0.1) is 38.2 Å². The van der Waals surface area contributed by atoms with E-state index >= 15 is 0 Å². The van der Waals surface area contributed by atoms with Gasteiger partial charge in [0, 0.05) is 16.8 Å². The fraction of sp³-hybridized carbons (Fsp3) is 0.182. The number of amides is 1. The molecule has 4 aromatic rings. The first-order chi connectivity index (χ1) is 14.2. The van der Waals surface area contributed by atoms with Crippen molar-refractivity contribution in [2.45, 2.75) is 11.3 Å². The van der Waals surface area contributed by atoms with E-state index in [1.807, 2.05) is 56.6 Å². The van der Waals surface area contributed by atoms with Crippen LogP contribution in [0.3, 0.4) is 0 Å². The molecule has 3 aromatic carbocycles. The average molecular weight is 424 g/mol. The van der Waals surface area contributed by atoms with Gasteiger partial charge >= 0.3 is 0 Å². The lowest BCUT2D eigenvalue weighted by atomic mass is 10.1. The number of primary amides is 1. The number of hydrogen-bond acceptors (Lipinski definition) is 4. The highest BCUT2D eigenvalue weighted by atomic mass is 32.2. The normalized spacial score (nSPS) is 12.5. The van der Waals surface area contributed by atoms with Crippen molar-refractivity contribution in [3.63, 3.8) is 0 Å². The molecular formula is C22H23N4O3S+. The summed E-state index contributed by atoms with van der Waals surface area (Å²) in [7, 11) is -0.126. The number of hydrogen-bond donors (Lipinski definition) is 1. The Morgan fingerprint density at radius 2 is 1.67 bits per heavy atom. The maximum Gasteiger partial charge on any atom is 0.284 e. The van der Waals surface area contributed by atoms with E-state index in [2.05, 4.69) is 5.10 Å². The molecule has 0 radical (unpaired) electrons. The Bertz CT molecular complexity index is 1370.